The fourth-order valence-electron chi connectivity index (χ4n) is 4.29. The summed E-state index contributed by atoms with van der Waals surface area (Å²) in [4.78, 5) is 28.9. The van der Waals surface area contributed by atoms with Gasteiger partial charge in [0, 0.05) is 26.2 Å². The zero-order valence-corrected chi connectivity index (χ0v) is 14.0. The SMILES string of the molecule is O=C1C2CC=CCC2C(=O)N1CCCN1CCc2ccccc2C1. The Morgan fingerprint density at radius 3 is 2.29 bits per heavy atom. The molecule has 4 rings (SSSR count). The zero-order valence-electron chi connectivity index (χ0n) is 14.0. The maximum Gasteiger partial charge on any atom is 0.233 e. The third kappa shape index (κ3) is 2.80. The largest absolute Gasteiger partial charge is 0.299 e. The van der Waals surface area contributed by atoms with E-state index in [1.165, 1.54) is 16.0 Å². The molecule has 1 aliphatic carbocycles. The van der Waals surface area contributed by atoms with Crippen LogP contribution in [0.15, 0.2) is 36.4 Å². The number of likely N-dealkylation sites (tertiary alicyclic amines) is 1. The molecule has 4 heteroatoms. The van der Waals surface area contributed by atoms with Gasteiger partial charge in [-0.05, 0) is 36.8 Å². The highest BCUT2D eigenvalue weighted by Gasteiger charge is 2.46. The number of rotatable bonds is 4. The Morgan fingerprint density at radius 2 is 1.58 bits per heavy atom. The Bertz CT molecular complexity index is 656. The smallest absolute Gasteiger partial charge is 0.233 e. The Balaban J connectivity index is 1.31. The topological polar surface area (TPSA) is 40.6 Å². The minimum atomic E-state index is -0.0932. The molecule has 0 aromatic heterocycles. The molecule has 0 radical (unpaired) electrons. The molecule has 4 nitrogen and oxygen atoms in total. The van der Waals surface area contributed by atoms with E-state index in [0.29, 0.717) is 6.54 Å². The molecule has 0 saturated carbocycles. The summed E-state index contributed by atoms with van der Waals surface area (Å²) in [5.41, 5.74) is 2.87. The average Bonchev–Trinajstić information content (AvgIpc) is 2.87. The zero-order chi connectivity index (χ0) is 16.5. The normalized spacial score (nSPS) is 26.6. The van der Waals surface area contributed by atoms with Gasteiger partial charge in [0.1, 0.15) is 0 Å². The Morgan fingerprint density at radius 1 is 0.917 bits per heavy atom. The lowest BCUT2D eigenvalue weighted by Gasteiger charge is -2.29. The van der Waals surface area contributed by atoms with Crippen molar-refractivity contribution >= 4 is 11.8 Å². The molecular weight excluding hydrogens is 300 g/mol. The number of imide groups is 1. The summed E-state index contributed by atoms with van der Waals surface area (Å²) in [5.74, 6) is -0.0783. The number of hydrogen-bond donors (Lipinski definition) is 0. The van der Waals surface area contributed by atoms with Gasteiger partial charge in [0.25, 0.3) is 0 Å². The first-order valence-corrected chi connectivity index (χ1v) is 9.03. The van der Waals surface area contributed by atoms with Gasteiger partial charge in [-0.25, -0.2) is 0 Å². The van der Waals surface area contributed by atoms with Crippen LogP contribution in [-0.4, -0.2) is 41.2 Å². The Kier molecular flexibility index (Phi) is 4.23. The predicted octanol–water partition coefficient (Wildman–Crippen LogP) is 2.39. The third-order valence-corrected chi connectivity index (χ3v) is 5.66. The van der Waals surface area contributed by atoms with Crippen LogP contribution >= 0.6 is 0 Å². The molecule has 126 valence electrons. The van der Waals surface area contributed by atoms with Gasteiger partial charge in [-0.3, -0.25) is 19.4 Å². The van der Waals surface area contributed by atoms with Crippen molar-refractivity contribution in [3.63, 3.8) is 0 Å². The molecule has 0 spiro atoms. The second-order valence-corrected chi connectivity index (χ2v) is 7.13. The average molecular weight is 324 g/mol. The van der Waals surface area contributed by atoms with Gasteiger partial charge in [-0.2, -0.15) is 0 Å². The van der Waals surface area contributed by atoms with Crippen LogP contribution in [-0.2, 0) is 22.6 Å². The molecule has 2 atom stereocenters. The minimum absolute atomic E-state index is 0.0540. The van der Waals surface area contributed by atoms with Crippen LogP contribution in [0.3, 0.4) is 0 Å². The van der Waals surface area contributed by atoms with E-state index in [9.17, 15) is 9.59 Å². The van der Waals surface area contributed by atoms with Crippen molar-refractivity contribution < 1.29 is 9.59 Å². The lowest BCUT2D eigenvalue weighted by Crippen LogP contribution is -2.36. The number of carbonyl (C=O) groups excluding carboxylic acids is 2. The molecule has 24 heavy (non-hydrogen) atoms. The molecule has 0 N–H and O–H groups in total. The van der Waals surface area contributed by atoms with Crippen molar-refractivity contribution in [2.24, 2.45) is 11.8 Å². The van der Waals surface area contributed by atoms with E-state index in [1.807, 2.05) is 12.2 Å². The van der Waals surface area contributed by atoms with Gasteiger partial charge in [-0.15, -0.1) is 0 Å². The van der Waals surface area contributed by atoms with Gasteiger partial charge >= 0.3 is 0 Å². The first-order valence-electron chi connectivity index (χ1n) is 9.03. The van der Waals surface area contributed by atoms with Crippen LogP contribution in [0, 0.1) is 11.8 Å². The quantitative estimate of drug-likeness (QED) is 0.631. The van der Waals surface area contributed by atoms with E-state index in [1.54, 1.807) is 0 Å². The minimum Gasteiger partial charge on any atom is -0.299 e. The van der Waals surface area contributed by atoms with Crippen LogP contribution in [0.25, 0.3) is 0 Å². The van der Waals surface area contributed by atoms with E-state index in [-0.39, 0.29) is 23.7 Å². The molecule has 3 aliphatic rings. The molecule has 2 heterocycles. The molecule has 1 aromatic rings. The van der Waals surface area contributed by atoms with Gasteiger partial charge in [0.15, 0.2) is 0 Å². The van der Waals surface area contributed by atoms with Gasteiger partial charge in [0.2, 0.25) is 11.8 Å². The molecule has 2 amide bonds. The van der Waals surface area contributed by atoms with Crippen LogP contribution in [0.1, 0.15) is 30.4 Å². The fourth-order valence-corrected chi connectivity index (χ4v) is 4.29. The number of allylic oxidation sites excluding steroid dienone is 2. The summed E-state index contributed by atoms with van der Waals surface area (Å²) in [6, 6.07) is 8.61. The standard InChI is InChI=1S/C20H24N2O2/c23-19-17-8-3-4-9-18(17)20(24)22(19)12-5-11-21-13-10-15-6-1-2-7-16(15)14-21/h1-4,6-7,17-18H,5,8-14H2. The fraction of sp³-hybridized carbons (Fsp3) is 0.500. The molecule has 1 saturated heterocycles. The van der Waals surface area contributed by atoms with E-state index >= 15 is 0 Å². The molecule has 2 unspecified atom stereocenters. The summed E-state index contributed by atoms with van der Waals surface area (Å²) in [7, 11) is 0. The van der Waals surface area contributed by atoms with Gasteiger partial charge in [0.05, 0.1) is 11.8 Å². The highest BCUT2D eigenvalue weighted by molar-refractivity contribution is 6.05. The van der Waals surface area contributed by atoms with Crippen LogP contribution in [0.2, 0.25) is 0 Å². The molecule has 1 aromatic carbocycles. The highest BCUT2D eigenvalue weighted by atomic mass is 16.2. The summed E-state index contributed by atoms with van der Waals surface area (Å²) < 4.78 is 0. The first kappa shape index (κ1) is 15.6. The summed E-state index contributed by atoms with van der Waals surface area (Å²) in [6.07, 6.45) is 7.51. The number of nitrogens with zero attached hydrogens (tertiary/aromatic N) is 2. The van der Waals surface area contributed by atoms with Crippen molar-refractivity contribution in [3.05, 3.63) is 47.5 Å². The Labute approximate surface area is 143 Å². The predicted molar refractivity (Wildman–Crippen MR) is 92.1 cm³/mol. The number of benzene rings is 1. The lowest BCUT2D eigenvalue weighted by molar-refractivity contribution is -0.140. The van der Waals surface area contributed by atoms with Crippen molar-refractivity contribution in [1.82, 2.24) is 9.80 Å². The van der Waals surface area contributed by atoms with Crippen molar-refractivity contribution in [1.29, 1.82) is 0 Å². The van der Waals surface area contributed by atoms with Crippen LogP contribution in [0.5, 0.6) is 0 Å². The first-order chi connectivity index (χ1) is 11.7. The molecule has 1 fully saturated rings. The van der Waals surface area contributed by atoms with Crippen molar-refractivity contribution in [2.75, 3.05) is 19.6 Å². The summed E-state index contributed by atoms with van der Waals surface area (Å²) in [5, 5.41) is 0. The van der Waals surface area contributed by atoms with Gasteiger partial charge < -0.3 is 0 Å². The van der Waals surface area contributed by atoms with E-state index in [4.69, 9.17) is 0 Å². The molecular formula is C20H24N2O2. The number of fused-ring (bicyclic) bond motifs is 2. The summed E-state index contributed by atoms with van der Waals surface area (Å²) in [6.45, 7) is 3.56. The monoisotopic (exact) mass is 324 g/mol. The van der Waals surface area contributed by atoms with E-state index < -0.39 is 0 Å². The second-order valence-electron chi connectivity index (χ2n) is 7.13. The van der Waals surface area contributed by atoms with Crippen LogP contribution < -0.4 is 0 Å². The van der Waals surface area contributed by atoms with Crippen molar-refractivity contribution in [3.8, 4) is 0 Å². The van der Waals surface area contributed by atoms with Gasteiger partial charge in [-0.1, -0.05) is 36.4 Å². The number of hydrogen-bond acceptors (Lipinski definition) is 3. The lowest BCUT2D eigenvalue weighted by atomic mass is 9.85. The molecule has 0 bridgehead atoms. The van der Waals surface area contributed by atoms with Crippen molar-refractivity contribution in [2.45, 2.75) is 32.2 Å². The maximum atomic E-state index is 12.5. The maximum absolute atomic E-state index is 12.5. The number of carbonyl (C=O) groups is 2. The second kappa shape index (κ2) is 6.52. The number of amides is 2. The van der Waals surface area contributed by atoms with E-state index in [0.717, 1.165) is 45.3 Å². The highest BCUT2D eigenvalue weighted by Crippen LogP contribution is 2.35. The Hall–Kier alpha value is -1.94. The third-order valence-electron chi connectivity index (χ3n) is 5.66. The van der Waals surface area contributed by atoms with Crippen LogP contribution in [0.4, 0.5) is 0 Å². The molecule has 2 aliphatic heterocycles. The summed E-state index contributed by atoms with van der Waals surface area (Å²) >= 11 is 0. The van der Waals surface area contributed by atoms with E-state index in [2.05, 4.69) is 29.2 Å².